The molecule has 0 radical (unpaired) electrons. The van der Waals surface area contributed by atoms with E-state index in [0.717, 1.165) is 31.7 Å². The summed E-state index contributed by atoms with van der Waals surface area (Å²) in [5.41, 5.74) is 2.36. The summed E-state index contributed by atoms with van der Waals surface area (Å²) in [5.74, 6) is 0. The maximum Gasteiger partial charge on any atom is 0.324 e. The Bertz CT molecular complexity index is 509. The highest BCUT2D eigenvalue weighted by Crippen LogP contribution is 2.24. The molecular formula is C17H25N3O. The molecule has 4 nitrogen and oxygen atoms in total. The molecule has 2 saturated heterocycles. The first kappa shape index (κ1) is 14.4. The zero-order valence-electron chi connectivity index (χ0n) is 13.0. The predicted molar refractivity (Wildman–Crippen MR) is 85.8 cm³/mol. The number of hydrogen-bond donors (Lipinski definition) is 1. The van der Waals surface area contributed by atoms with Gasteiger partial charge in [-0.1, -0.05) is 12.1 Å². The van der Waals surface area contributed by atoms with Gasteiger partial charge in [-0.3, -0.25) is 4.90 Å². The molecule has 2 aliphatic heterocycles. The standard InChI is InChI=1S/C17H25N3O/c1-13(2)19-9-10-20(17(19)21)16-7-3-5-14(12-16)11-15-6-4-8-18-15/h3,5,7,12-13,15,18H,4,6,8-11H2,1-2H3. The van der Waals surface area contributed by atoms with E-state index >= 15 is 0 Å². The van der Waals surface area contributed by atoms with Gasteiger partial charge in [0.25, 0.3) is 0 Å². The van der Waals surface area contributed by atoms with Gasteiger partial charge < -0.3 is 10.2 Å². The molecule has 2 aliphatic rings. The summed E-state index contributed by atoms with van der Waals surface area (Å²) < 4.78 is 0. The number of anilines is 1. The van der Waals surface area contributed by atoms with Crippen molar-refractivity contribution in [1.82, 2.24) is 10.2 Å². The summed E-state index contributed by atoms with van der Waals surface area (Å²) in [5, 5.41) is 3.54. The van der Waals surface area contributed by atoms with Crippen LogP contribution in [0.1, 0.15) is 32.3 Å². The van der Waals surface area contributed by atoms with Gasteiger partial charge in [0.15, 0.2) is 0 Å². The van der Waals surface area contributed by atoms with Crippen LogP contribution in [0.15, 0.2) is 24.3 Å². The van der Waals surface area contributed by atoms with Gasteiger partial charge in [0.2, 0.25) is 0 Å². The molecule has 1 unspecified atom stereocenters. The number of amides is 2. The number of hydrogen-bond acceptors (Lipinski definition) is 2. The summed E-state index contributed by atoms with van der Waals surface area (Å²) in [4.78, 5) is 16.3. The van der Waals surface area contributed by atoms with E-state index in [1.54, 1.807) is 0 Å². The van der Waals surface area contributed by atoms with E-state index in [1.165, 1.54) is 18.4 Å². The van der Waals surface area contributed by atoms with Crippen LogP contribution in [0.2, 0.25) is 0 Å². The first-order valence-corrected chi connectivity index (χ1v) is 8.05. The summed E-state index contributed by atoms with van der Waals surface area (Å²) in [6, 6.07) is 9.49. The van der Waals surface area contributed by atoms with Gasteiger partial charge in [-0.05, 0) is 57.4 Å². The van der Waals surface area contributed by atoms with Gasteiger partial charge in [0.1, 0.15) is 0 Å². The minimum Gasteiger partial charge on any atom is -0.320 e. The molecule has 0 aliphatic carbocycles. The number of carbonyl (C=O) groups is 1. The monoisotopic (exact) mass is 287 g/mol. The normalized spacial score (nSPS) is 22.6. The van der Waals surface area contributed by atoms with Crippen molar-refractivity contribution in [1.29, 1.82) is 0 Å². The van der Waals surface area contributed by atoms with Gasteiger partial charge in [-0.15, -0.1) is 0 Å². The van der Waals surface area contributed by atoms with Crippen molar-refractivity contribution in [3.8, 4) is 0 Å². The Balaban J connectivity index is 1.72. The lowest BCUT2D eigenvalue weighted by atomic mass is 10.0. The summed E-state index contributed by atoms with van der Waals surface area (Å²) >= 11 is 0. The van der Waals surface area contributed by atoms with Crippen molar-refractivity contribution >= 4 is 11.7 Å². The van der Waals surface area contributed by atoms with Crippen molar-refractivity contribution in [3.63, 3.8) is 0 Å². The van der Waals surface area contributed by atoms with E-state index in [0.29, 0.717) is 6.04 Å². The number of carbonyl (C=O) groups excluding carboxylic acids is 1. The lowest BCUT2D eigenvalue weighted by Crippen LogP contribution is -2.36. The molecule has 2 amide bonds. The van der Waals surface area contributed by atoms with Crippen molar-refractivity contribution in [2.75, 3.05) is 24.5 Å². The van der Waals surface area contributed by atoms with Gasteiger partial charge in [-0.2, -0.15) is 0 Å². The lowest BCUT2D eigenvalue weighted by molar-refractivity contribution is 0.209. The van der Waals surface area contributed by atoms with Crippen molar-refractivity contribution in [2.45, 2.75) is 45.2 Å². The van der Waals surface area contributed by atoms with Crippen LogP contribution < -0.4 is 10.2 Å². The zero-order chi connectivity index (χ0) is 14.8. The van der Waals surface area contributed by atoms with Crippen LogP contribution in [-0.4, -0.2) is 42.6 Å². The van der Waals surface area contributed by atoms with E-state index in [9.17, 15) is 4.79 Å². The molecule has 1 aromatic carbocycles. The average molecular weight is 287 g/mol. The van der Waals surface area contributed by atoms with E-state index in [1.807, 2.05) is 15.9 Å². The Morgan fingerprint density at radius 1 is 1.33 bits per heavy atom. The molecule has 3 rings (SSSR count). The van der Waals surface area contributed by atoms with E-state index in [-0.39, 0.29) is 12.1 Å². The third-order valence-electron chi connectivity index (χ3n) is 4.53. The first-order chi connectivity index (χ1) is 10.1. The van der Waals surface area contributed by atoms with Gasteiger partial charge in [0, 0.05) is 30.9 Å². The third kappa shape index (κ3) is 3.05. The highest BCUT2D eigenvalue weighted by Gasteiger charge is 2.31. The summed E-state index contributed by atoms with van der Waals surface area (Å²) in [7, 11) is 0. The van der Waals surface area contributed by atoms with Crippen molar-refractivity contribution in [2.24, 2.45) is 0 Å². The molecule has 2 heterocycles. The zero-order valence-corrected chi connectivity index (χ0v) is 13.0. The molecular weight excluding hydrogens is 262 g/mol. The minimum atomic E-state index is 0.140. The molecule has 114 valence electrons. The SMILES string of the molecule is CC(C)N1CCN(c2cccc(CC3CCCN3)c2)C1=O. The fraction of sp³-hybridized carbons (Fsp3) is 0.588. The largest absolute Gasteiger partial charge is 0.324 e. The topological polar surface area (TPSA) is 35.6 Å². The molecule has 1 atom stereocenters. The predicted octanol–water partition coefficient (Wildman–Crippen LogP) is 2.63. The Morgan fingerprint density at radius 3 is 2.86 bits per heavy atom. The van der Waals surface area contributed by atoms with Crippen LogP contribution in [-0.2, 0) is 6.42 Å². The second kappa shape index (κ2) is 6.06. The van der Waals surface area contributed by atoms with Crippen LogP contribution in [0.5, 0.6) is 0 Å². The smallest absolute Gasteiger partial charge is 0.320 e. The quantitative estimate of drug-likeness (QED) is 0.924. The third-order valence-corrected chi connectivity index (χ3v) is 4.53. The van der Waals surface area contributed by atoms with Crippen LogP contribution in [0.3, 0.4) is 0 Å². The number of urea groups is 1. The molecule has 4 heteroatoms. The number of rotatable bonds is 4. The van der Waals surface area contributed by atoms with E-state index in [2.05, 4.69) is 37.4 Å². The van der Waals surface area contributed by atoms with E-state index < -0.39 is 0 Å². The Kier molecular flexibility index (Phi) is 4.15. The Labute approximate surface area is 127 Å². The van der Waals surface area contributed by atoms with Crippen LogP contribution in [0, 0.1) is 0 Å². The second-order valence-electron chi connectivity index (χ2n) is 6.39. The van der Waals surface area contributed by atoms with Crippen LogP contribution in [0.25, 0.3) is 0 Å². The Hall–Kier alpha value is -1.55. The van der Waals surface area contributed by atoms with E-state index in [4.69, 9.17) is 0 Å². The first-order valence-electron chi connectivity index (χ1n) is 8.05. The van der Waals surface area contributed by atoms with Crippen molar-refractivity contribution < 1.29 is 4.79 Å². The number of nitrogens with one attached hydrogen (secondary N) is 1. The Morgan fingerprint density at radius 2 is 2.19 bits per heavy atom. The molecule has 1 aromatic rings. The van der Waals surface area contributed by atoms with Crippen LogP contribution >= 0.6 is 0 Å². The molecule has 0 aromatic heterocycles. The average Bonchev–Trinajstić information content (AvgIpc) is 3.08. The number of nitrogens with zero attached hydrogens (tertiary/aromatic N) is 2. The van der Waals surface area contributed by atoms with Crippen molar-refractivity contribution in [3.05, 3.63) is 29.8 Å². The maximum atomic E-state index is 12.4. The highest BCUT2D eigenvalue weighted by atomic mass is 16.2. The summed E-state index contributed by atoms with van der Waals surface area (Å²) in [6.45, 7) is 6.90. The molecule has 1 N–H and O–H groups in total. The van der Waals surface area contributed by atoms with Gasteiger partial charge in [0.05, 0.1) is 0 Å². The molecule has 0 bridgehead atoms. The second-order valence-corrected chi connectivity index (χ2v) is 6.39. The lowest BCUT2D eigenvalue weighted by Gasteiger charge is -2.22. The molecule has 2 fully saturated rings. The fourth-order valence-electron chi connectivity index (χ4n) is 3.34. The molecule has 0 spiro atoms. The fourth-order valence-corrected chi connectivity index (χ4v) is 3.34. The highest BCUT2D eigenvalue weighted by molar-refractivity contribution is 5.94. The number of benzene rings is 1. The maximum absolute atomic E-state index is 12.4. The minimum absolute atomic E-state index is 0.140. The molecule has 21 heavy (non-hydrogen) atoms. The van der Waals surface area contributed by atoms with Gasteiger partial charge in [-0.25, -0.2) is 4.79 Å². The van der Waals surface area contributed by atoms with Gasteiger partial charge >= 0.3 is 6.03 Å². The van der Waals surface area contributed by atoms with Crippen LogP contribution in [0.4, 0.5) is 10.5 Å². The molecule has 0 saturated carbocycles. The summed E-state index contributed by atoms with van der Waals surface area (Å²) in [6.07, 6.45) is 3.59.